The van der Waals surface area contributed by atoms with Gasteiger partial charge in [0.15, 0.2) is 11.6 Å². The highest BCUT2D eigenvalue weighted by molar-refractivity contribution is 7.92. The van der Waals surface area contributed by atoms with Gasteiger partial charge < -0.3 is 4.74 Å². The van der Waals surface area contributed by atoms with Crippen molar-refractivity contribution in [2.45, 2.75) is 9.79 Å². The topological polar surface area (TPSA) is 92.8 Å². The van der Waals surface area contributed by atoms with Gasteiger partial charge in [-0.1, -0.05) is 6.07 Å². The van der Waals surface area contributed by atoms with Crippen LogP contribution in [0.3, 0.4) is 0 Å². The standard InChI is InChI=1S/C16H16F2N2O5S2/c17-15-5-4-13(11-16(15)18)26(21,22)19-12-2-1-3-14(10-12)27(23,24)20-6-8-25-9-7-20/h1-5,10-11,19H,6-9H2. The first kappa shape index (κ1) is 19.7. The van der Waals surface area contributed by atoms with Gasteiger partial charge in [0.2, 0.25) is 10.0 Å². The molecule has 146 valence electrons. The second kappa shape index (κ2) is 7.50. The molecule has 0 aliphatic carbocycles. The van der Waals surface area contributed by atoms with Gasteiger partial charge in [-0.15, -0.1) is 0 Å². The molecule has 1 heterocycles. The summed E-state index contributed by atoms with van der Waals surface area (Å²) < 4.78 is 84.9. The van der Waals surface area contributed by atoms with E-state index in [9.17, 15) is 25.6 Å². The molecule has 1 fully saturated rings. The highest BCUT2D eigenvalue weighted by Crippen LogP contribution is 2.23. The van der Waals surface area contributed by atoms with Crippen LogP contribution < -0.4 is 4.72 Å². The molecule has 0 radical (unpaired) electrons. The molecular formula is C16H16F2N2O5S2. The zero-order valence-corrected chi connectivity index (χ0v) is 15.6. The lowest BCUT2D eigenvalue weighted by molar-refractivity contribution is 0.0730. The molecule has 0 atom stereocenters. The van der Waals surface area contributed by atoms with Gasteiger partial charge >= 0.3 is 0 Å². The summed E-state index contributed by atoms with van der Waals surface area (Å²) in [7, 11) is -8.03. The number of rotatable bonds is 5. The highest BCUT2D eigenvalue weighted by atomic mass is 32.2. The quantitative estimate of drug-likeness (QED) is 0.799. The molecule has 0 saturated carbocycles. The lowest BCUT2D eigenvalue weighted by atomic mass is 10.3. The van der Waals surface area contributed by atoms with Crippen LogP contribution in [0.5, 0.6) is 0 Å². The second-order valence-corrected chi connectivity index (χ2v) is 9.35. The van der Waals surface area contributed by atoms with Crippen LogP contribution in [0.4, 0.5) is 14.5 Å². The minimum atomic E-state index is -4.22. The van der Waals surface area contributed by atoms with Crippen molar-refractivity contribution >= 4 is 25.7 Å². The Morgan fingerprint density at radius 1 is 0.889 bits per heavy atom. The number of nitrogens with one attached hydrogen (secondary N) is 1. The van der Waals surface area contributed by atoms with E-state index in [2.05, 4.69) is 4.72 Å². The Kier molecular flexibility index (Phi) is 5.47. The fourth-order valence-corrected chi connectivity index (χ4v) is 5.03. The Morgan fingerprint density at radius 3 is 2.26 bits per heavy atom. The first-order valence-corrected chi connectivity index (χ1v) is 10.8. The molecule has 1 aliphatic rings. The van der Waals surface area contributed by atoms with Crippen LogP contribution in [-0.2, 0) is 24.8 Å². The van der Waals surface area contributed by atoms with E-state index in [0.717, 1.165) is 6.07 Å². The van der Waals surface area contributed by atoms with Crippen molar-refractivity contribution < 1.29 is 30.4 Å². The van der Waals surface area contributed by atoms with Crippen LogP contribution in [0.25, 0.3) is 0 Å². The van der Waals surface area contributed by atoms with Gasteiger partial charge in [-0.25, -0.2) is 25.6 Å². The smallest absolute Gasteiger partial charge is 0.261 e. The normalized spacial score (nSPS) is 16.2. The second-order valence-electron chi connectivity index (χ2n) is 5.73. The fourth-order valence-electron chi connectivity index (χ4n) is 2.51. The number of halogens is 2. The maximum absolute atomic E-state index is 13.3. The number of sulfonamides is 2. The minimum absolute atomic E-state index is 0.0194. The van der Waals surface area contributed by atoms with Gasteiger partial charge in [0.05, 0.1) is 28.7 Å². The maximum Gasteiger partial charge on any atom is 0.261 e. The van der Waals surface area contributed by atoms with Crippen molar-refractivity contribution in [2.24, 2.45) is 0 Å². The predicted octanol–water partition coefficient (Wildman–Crippen LogP) is 1.79. The molecule has 2 aromatic carbocycles. The van der Waals surface area contributed by atoms with Crippen molar-refractivity contribution in [3.63, 3.8) is 0 Å². The maximum atomic E-state index is 13.3. The zero-order valence-electron chi connectivity index (χ0n) is 13.9. The minimum Gasteiger partial charge on any atom is -0.379 e. The van der Waals surface area contributed by atoms with Gasteiger partial charge in [-0.3, -0.25) is 4.72 Å². The summed E-state index contributed by atoms with van der Waals surface area (Å²) in [4.78, 5) is -0.572. The lowest BCUT2D eigenvalue weighted by Gasteiger charge is -2.26. The van der Waals surface area contributed by atoms with Crippen molar-refractivity contribution in [1.82, 2.24) is 4.31 Å². The predicted molar refractivity (Wildman–Crippen MR) is 93.2 cm³/mol. The molecule has 0 amide bonds. The largest absolute Gasteiger partial charge is 0.379 e. The molecular weight excluding hydrogens is 402 g/mol. The highest BCUT2D eigenvalue weighted by Gasteiger charge is 2.27. The van der Waals surface area contributed by atoms with Crippen molar-refractivity contribution in [1.29, 1.82) is 0 Å². The molecule has 0 spiro atoms. The molecule has 7 nitrogen and oxygen atoms in total. The molecule has 0 bridgehead atoms. The number of hydrogen-bond acceptors (Lipinski definition) is 5. The SMILES string of the molecule is O=S(=O)(Nc1cccc(S(=O)(=O)N2CCOCC2)c1)c1ccc(F)c(F)c1. The van der Waals surface area contributed by atoms with Crippen LogP contribution in [0, 0.1) is 11.6 Å². The van der Waals surface area contributed by atoms with E-state index in [1.54, 1.807) is 0 Å². The van der Waals surface area contributed by atoms with Gasteiger partial charge in [-0.2, -0.15) is 4.31 Å². The average molecular weight is 418 g/mol. The Hall–Kier alpha value is -2.08. The Bertz CT molecular complexity index is 1050. The summed E-state index contributed by atoms with van der Waals surface area (Å²) in [5.74, 6) is -2.48. The average Bonchev–Trinajstić information content (AvgIpc) is 2.64. The fraction of sp³-hybridized carbons (Fsp3) is 0.250. The third-order valence-corrected chi connectivity index (χ3v) is 7.17. The van der Waals surface area contributed by atoms with E-state index in [1.165, 1.54) is 28.6 Å². The molecule has 1 N–H and O–H groups in total. The van der Waals surface area contributed by atoms with E-state index >= 15 is 0 Å². The van der Waals surface area contributed by atoms with Crippen LogP contribution in [0.1, 0.15) is 0 Å². The number of benzene rings is 2. The summed E-state index contributed by atoms with van der Waals surface area (Å²) in [6, 6.07) is 7.42. The third-order valence-electron chi connectivity index (χ3n) is 3.90. The van der Waals surface area contributed by atoms with E-state index in [-0.39, 0.29) is 36.9 Å². The molecule has 1 aliphatic heterocycles. The summed E-state index contributed by atoms with van der Waals surface area (Å²) in [5, 5.41) is 0. The number of ether oxygens (including phenoxy) is 1. The van der Waals surface area contributed by atoms with Crippen LogP contribution in [-0.4, -0.2) is 47.4 Å². The van der Waals surface area contributed by atoms with Crippen molar-refractivity contribution in [2.75, 3.05) is 31.0 Å². The number of anilines is 1. The monoisotopic (exact) mass is 418 g/mol. The zero-order chi connectivity index (χ0) is 19.7. The Balaban J connectivity index is 1.88. The van der Waals surface area contributed by atoms with Gasteiger partial charge in [0, 0.05) is 13.1 Å². The first-order chi connectivity index (χ1) is 12.7. The molecule has 11 heteroatoms. The third kappa shape index (κ3) is 4.26. The molecule has 27 heavy (non-hydrogen) atoms. The van der Waals surface area contributed by atoms with E-state index < -0.39 is 36.6 Å². The summed E-state index contributed by atoms with van der Waals surface area (Å²) in [6.07, 6.45) is 0. The molecule has 1 saturated heterocycles. The number of hydrogen-bond donors (Lipinski definition) is 1. The Morgan fingerprint density at radius 2 is 1.59 bits per heavy atom. The van der Waals surface area contributed by atoms with Gasteiger partial charge in [0.1, 0.15) is 0 Å². The summed E-state index contributed by atoms with van der Waals surface area (Å²) >= 11 is 0. The molecule has 0 aromatic heterocycles. The first-order valence-electron chi connectivity index (χ1n) is 7.86. The van der Waals surface area contributed by atoms with E-state index in [0.29, 0.717) is 12.1 Å². The molecule has 2 aromatic rings. The summed E-state index contributed by atoms with van der Waals surface area (Å²) in [5.41, 5.74) is -0.0194. The number of morpholine rings is 1. The van der Waals surface area contributed by atoms with E-state index in [1.807, 2.05) is 0 Å². The van der Waals surface area contributed by atoms with Crippen LogP contribution in [0.15, 0.2) is 52.3 Å². The van der Waals surface area contributed by atoms with Crippen LogP contribution >= 0.6 is 0 Å². The molecule has 0 unspecified atom stereocenters. The Labute approximate surface area is 155 Å². The van der Waals surface area contributed by atoms with Crippen molar-refractivity contribution in [3.8, 4) is 0 Å². The van der Waals surface area contributed by atoms with Gasteiger partial charge in [0.25, 0.3) is 10.0 Å². The molecule has 3 rings (SSSR count). The number of nitrogens with zero attached hydrogens (tertiary/aromatic N) is 1. The van der Waals surface area contributed by atoms with E-state index in [4.69, 9.17) is 4.74 Å². The lowest BCUT2D eigenvalue weighted by Crippen LogP contribution is -2.40. The van der Waals surface area contributed by atoms with Crippen molar-refractivity contribution in [3.05, 3.63) is 54.1 Å². The van der Waals surface area contributed by atoms with Crippen LogP contribution in [0.2, 0.25) is 0 Å². The van der Waals surface area contributed by atoms with Gasteiger partial charge in [-0.05, 0) is 36.4 Å². The summed E-state index contributed by atoms with van der Waals surface area (Å²) in [6.45, 7) is 0.962.